The molecule has 0 saturated heterocycles. The van der Waals surface area contributed by atoms with Crippen LogP contribution in [0.25, 0.3) is 0 Å². The zero-order chi connectivity index (χ0) is 17.7. The van der Waals surface area contributed by atoms with Gasteiger partial charge in [0.25, 0.3) is 5.91 Å². The molecule has 1 amide bonds. The first-order chi connectivity index (χ1) is 11.3. The molecule has 24 heavy (non-hydrogen) atoms. The van der Waals surface area contributed by atoms with E-state index in [9.17, 15) is 9.18 Å². The molecule has 0 aliphatic carbocycles. The van der Waals surface area contributed by atoms with Crippen LogP contribution in [0.5, 0.6) is 0 Å². The standard InChI is InChI=1S/C17H18FN5O/c1-17(2,3)11-23(15-7-8-20-14(10-19)21-15)22-16(24)12-5-4-6-13(18)9-12/h4-9H,11H2,1-3H3,(H,22,24). The van der Waals surface area contributed by atoms with Crippen molar-refractivity contribution in [3.63, 3.8) is 0 Å². The van der Waals surface area contributed by atoms with Gasteiger partial charge in [0.05, 0.1) is 0 Å². The van der Waals surface area contributed by atoms with E-state index < -0.39 is 11.7 Å². The Morgan fingerprint density at radius 1 is 1.38 bits per heavy atom. The Morgan fingerprint density at radius 2 is 2.12 bits per heavy atom. The molecule has 0 atom stereocenters. The van der Waals surface area contributed by atoms with Gasteiger partial charge >= 0.3 is 0 Å². The maximum absolute atomic E-state index is 13.3. The number of nitrogens with zero attached hydrogens (tertiary/aromatic N) is 4. The summed E-state index contributed by atoms with van der Waals surface area (Å²) in [4.78, 5) is 20.3. The third-order valence-corrected chi connectivity index (χ3v) is 2.97. The molecule has 0 radical (unpaired) electrons. The van der Waals surface area contributed by atoms with E-state index in [1.165, 1.54) is 29.4 Å². The van der Waals surface area contributed by atoms with Gasteiger partial charge in [-0.3, -0.25) is 15.2 Å². The maximum Gasteiger partial charge on any atom is 0.269 e. The third-order valence-electron chi connectivity index (χ3n) is 2.97. The van der Waals surface area contributed by atoms with E-state index in [2.05, 4.69) is 15.4 Å². The Hall–Kier alpha value is -3.01. The SMILES string of the molecule is CC(C)(C)CN(NC(=O)c1cccc(F)c1)c1ccnc(C#N)n1. The van der Waals surface area contributed by atoms with Crippen LogP contribution in [0, 0.1) is 22.6 Å². The summed E-state index contributed by atoms with van der Waals surface area (Å²) in [6, 6.07) is 8.88. The molecule has 0 aliphatic heterocycles. The number of aromatic nitrogens is 2. The largest absolute Gasteiger partial charge is 0.269 e. The Labute approximate surface area is 139 Å². The lowest BCUT2D eigenvalue weighted by Gasteiger charge is -2.30. The number of amides is 1. The molecule has 2 rings (SSSR count). The topological polar surface area (TPSA) is 81.9 Å². The van der Waals surface area contributed by atoms with Gasteiger partial charge in [-0.25, -0.2) is 9.37 Å². The molecule has 1 aromatic heterocycles. The van der Waals surface area contributed by atoms with Crippen LogP contribution in [-0.4, -0.2) is 22.4 Å². The first-order valence-electron chi connectivity index (χ1n) is 7.36. The van der Waals surface area contributed by atoms with Crippen LogP contribution in [0.15, 0.2) is 36.5 Å². The van der Waals surface area contributed by atoms with Gasteiger partial charge in [-0.2, -0.15) is 10.2 Å². The number of rotatable bonds is 4. The van der Waals surface area contributed by atoms with E-state index in [1.807, 2.05) is 26.8 Å². The van der Waals surface area contributed by atoms with Crippen molar-refractivity contribution in [3.05, 3.63) is 53.7 Å². The summed E-state index contributed by atoms with van der Waals surface area (Å²) in [5.41, 5.74) is 2.75. The molecule has 6 nitrogen and oxygen atoms in total. The van der Waals surface area contributed by atoms with Crippen LogP contribution in [0.3, 0.4) is 0 Å². The summed E-state index contributed by atoms with van der Waals surface area (Å²) in [7, 11) is 0. The molecule has 1 aromatic carbocycles. The van der Waals surface area contributed by atoms with Gasteiger partial charge in [0.1, 0.15) is 11.9 Å². The molecule has 1 N–H and O–H groups in total. The smallest absolute Gasteiger partial charge is 0.267 e. The molecule has 7 heteroatoms. The van der Waals surface area contributed by atoms with Gasteiger partial charge in [-0.1, -0.05) is 26.8 Å². The first kappa shape index (κ1) is 17.3. The first-order valence-corrected chi connectivity index (χ1v) is 7.36. The van der Waals surface area contributed by atoms with Crippen LogP contribution >= 0.6 is 0 Å². The summed E-state index contributed by atoms with van der Waals surface area (Å²) >= 11 is 0. The number of nitrogens with one attached hydrogen (secondary N) is 1. The highest BCUT2D eigenvalue weighted by atomic mass is 19.1. The highest BCUT2D eigenvalue weighted by molar-refractivity contribution is 5.95. The van der Waals surface area contributed by atoms with Gasteiger partial charge in [0.2, 0.25) is 5.82 Å². The Morgan fingerprint density at radius 3 is 2.75 bits per heavy atom. The van der Waals surface area contributed by atoms with E-state index in [0.717, 1.165) is 6.07 Å². The van der Waals surface area contributed by atoms with Gasteiger partial charge in [0, 0.05) is 24.4 Å². The highest BCUT2D eigenvalue weighted by Crippen LogP contribution is 2.19. The third kappa shape index (κ3) is 4.74. The fourth-order valence-corrected chi connectivity index (χ4v) is 2.02. The summed E-state index contributed by atoms with van der Waals surface area (Å²) in [5.74, 6) is -0.553. The quantitative estimate of drug-likeness (QED) is 0.873. The Bertz CT molecular complexity index is 779. The van der Waals surface area contributed by atoms with Gasteiger partial charge in [-0.15, -0.1) is 0 Å². The van der Waals surface area contributed by atoms with E-state index in [1.54, 1.807) is 6.07 Å². The molecular weight excluding hydrogens is 309 g/mol. The van der Waals surface area contributed by atoms with Crippen LogP contribution in [0.2, 0.25) is 0 Å². The summed E-state index contributed by atoms with van der Waals surface area (Å²) in [5, 5.41) is 10.5. The minimum Gasteiger partial charge on any atom is -0.267 e. The number of hydrogen-bond acceptors (Lipinski definition) is 5. The number of halogens is 1. The van der Waals surface area contributed by atoms with Crippen LogP contribution in [0.4, 0.5) is 10.2 Å². The second kappa shape index (κ2) is 7.04. The summed E-state index contributed by atoms with van der Waals surface area (Å²) < 4.78 is 13.3. The van der Waals surface area contributed by atoms with Crippen LogP contribution < -0.4 is 10.4 Å². The second-order valence-electron chi connectivity index (χ2n) is 6.45. The van der Waals surface area contributed by atoms with E-state index in [-0.39, 0.29) is 16.8 Å². The van der Waals surface area contributed by atoms with Crippen molar-refractivity contribution in [1.82, 2.24) is 15.4 Å². The molecular formula is C17H18FN5O. The van der Waals surface area contributed by atoms with Crippen molar-refractivity contribution in [2.75, 3.05) is 11.6 Å². The zero-order valence-corrected chi connectivity index (χ0v) is 13.7. The molecule has 1 heterocycles. The Kier molecular flexibility index (Phi) is 5.09. The van der Waals surface area contributed by atoms with Crippen molar-refractivity contribution in [3.8, 4) is 6.07 Å². The minimum absolute atomic E-state index is 0.00594. The number of anilines is 1. The minimum atomic E-state index is -0.487. The number of carbonyl (C=O) groups is 1. The van der Waals surface area contributed by atoms with Crippen molar-refractivity contribution >= 4 is 11.7 Å². The monoisotopic (exact) mass is 327 g/mol. The molecule has 0 unspecified atom stereocenters. The fourth-order valence-electron chi connectivity index (χ4n) is 2.02. The number of nitriles is 1. The molecule has 0 saturated carbocycles. The average Bonchev–Trinajstić information content (AvgIpc) is 2.53. The lowest BCUT2D eigenvalue weighted by molar-refractivity contribution is 0.0944. The Balaban J connectivity index is 2.29. The number of carbonyl (C=O) groups excluding carboxylic acids is 1. The van der Waals surface area contributed by atoms with Crippen molar-refractivity contribution < 1.29 is 9.18 Å². The molecule has 0 fully saturated rings. The van der Waals surface area contributed by atoms with E-state index >= 15 is 0 Å². The van der Waals surface area contributed by atoms with Crippen LogP contribution in [0.1, 0.15) is 37.0 Å². The summed E-state index contributed by atoms with van der Waals surface area (Å²) in [6.07, 6.45) is 1.45. The molecule has 124 valence electrons. The normalized spacial score (nSPS) is 10.8. The number of hydrazine groups is 1. The van der Waals surface area contributed by atoms with Crippen LogP contribution in [-0.2, 0) is 0 Å². The summed E-state index contributed by atoms with van der Waals surface area (Å²) in [6.45, 7) is 6.44. The lowest BCUT2D eigenvalue weighted by atomic mass is 9.97. The number of benzene rings is 1. The second-order valence-corrected chi connectivity index (χ2v) is 6.45. The molecule has 0 spiro atoms. The predicted octanol–water partition coefficient (Wildman–Crippen LogP) is 2.68. The zero-order valence-electron chi connectivity index (χ0n) is 13.7. The maximum atomic E-state index is 13.3. The average molecular weight is 327 g/mol. The van der Waals surface area contributed by atoms with Gasteiger partial charge < -0.3 is 0 Å². The van der Waals surface area contributed by atoms with E-state index in [0.29, 0.717) is 12.4 Å². The van der Waals surface area contributed by atoms with Crippen molar-refractivity contribution in [1.29, 1.82) is 5.26 Å². The lowest BCUT2D eigenvalue weighted by Crippen LogP contribution is -2.47. The van der Waals surface area contributed by atoms with E-state index in [4.69, 9.17) is 5.26 Å². The predicted molar refractivity (Wildman–Crippen MR) is 87.4 cm³/mol. The van der Waals surface area contributed by atoms with Gasteiger partial charge in [0.15, 0.2) is 5.82 Å². The number of hydrogen-bond donors (Lipinski definition) is 1. The molecule has 0 bridgehead atoms. The molecule has 2 aromatic rings. The fraction of sp³-hybridized carbons (Fsp3) is 0.294. The highest BCUT2D eigenvalue weighted by Gasteiger charge is 2.21. The van der Waals surface area contributed by atoms with Crippen molar-refractivity contribution in [2.24, 2.45) is 5.41 Å². The van der Waals surface area contributed by atoms with Crippen molar-refractivity contribution in [2.45, 2.75) is 20.8 Å². The van der Waals surface area contributed by atoms with Gasteiger partial charge in [-0.05, 0) is 23.6 Å². The molecule has 0 aliphatic rings.